The topological polar surface area (TPSA) is 17.8 Å². The standard InChI is InChI=1S/C9H16N2S/c1-3-12-8-4-6-11-7-5-10-9(11)2/h5,7H,3-4,6,8H2,1-2H3. The Morgan fingerprint density at radius 2 is 2.42 bits per heavy atom. The molecule has 0 aliphatic heterocycles. The van der Waals surface area contributed by atoms with Crippen LogP contribution in [0.4, 0.5) is 0 Å². The maximum absolute atomic E-state index is 4.17. The summed E-state index contributed by atoms with van der Waals surface area (Å²) in [6.07, 6.45) is 5.16. The number of thioether (sulfide) groups is 1. The molecule has 0 bridgehead atoms. The van der Waals surface area contributed by atoms with Gasteiger partial charge in [0.25, 0.3) is 0 Å². The summed E-state index contributed by atoms with van der Waals surface area (Å²) in [7, 11) is 0. The van der Waals surface area contributed by atoms with E-state index in [1.54, 1.807) is 0 Å². The van der Waals surface area contributed by atoms with Gasteiger partial charge in [-0.3, -0.25) is 0 Å². The second-order valence-electron chi connectivity index (χ2n) is 2.72. The van der Waals surface area contributed by atoms with Crippen molar-refractivity contribution < 1.29 is 0 Å². The molecule has 0 aromatic carbocycles. The smallest absolute Gasteiger partial charge is 0.105 e. The fourth-order valence-electron chi connectivity index (χ4n) is 1.12. The molecule has 1 heterocycles. The summed E-state index contributed by atoms with van der Waals surface area (Å²) < 4.78 is 2.20. The van der Waals surface area contributed by atoms with E-state index in [2.05, 4.69) is 16.5 Å². The molecule has 1 aromatic rings. The number of nitrogens with zero attached hydrogens (tertiary/aromatic N) is 2. The molecular weight excluding hydrogens is 168 g/mol. The largest absolute Gasteiger partial charge is 0.335 e. The SMILES string of the molecule is CCSCCCn1ccnc1C. The minimum atomic E-state index is 1.11. The van der Waals surface area contributed by atoms with Crippen LogP contribution in [0.15, 0.2) is 12.4 Å². The number of aromatic nitrogens is 2. The maximum Gasteiger partial charge on any atom is 0.105 e. The molecule has 0 amide bonds. The van der Waals surface area contributed by atoms with Crippen molar-refractivity contribution in [2.75, 3.05) is 11.5 Å². The molecule has 0 radical (unpaired) electrons. The highest BCUT2D eigenvalue weighted by Crippen LogP contribution is 2.04. The molecule has 0 aliphatic rings. The number of imidazole rings is 1. The first kappa shape index (κ1) is 9.65. The predicted octanol–water partition coefficient (Wildman–Crippen LogP) is 2.33. The van der Waals surface area contributed by atoms with Crippen molar-refractivity contribution in [1.29, 1.82) is 0 Å². The molecule has 0 N–H and O–H groups in total. The highest BCUT2D eigenvalue weighted by atomic mass is 32.2. The lowest BCUT2D eigenvalue weighted by atomic mass is 10.4. The van der Waals surface area contributed by atoms with Crippen LogP contribution in [0.1, 0.15) is 19.2 Å². The first-order chi connectivity index (χ1) is 5.84. The van der Waals surface area contributed by atoms with Gasteiger partial charge in [0.1, 0.15) is 5.82 Å². The molecule has 0 aliphatic carbocycles. The molecule has 68 valence electrons. The molecule has 3 heteroatoms. The van der Waals surface area contributed by atoms with E-state index in [0.717, 1.165) is 12.4 Å². The van der Waals surface area contributed by atoms with Gasteiger partial charge in [-0.25, -0.2) is 4.98 Å². The Hall–Kier alpha value is -0.440. The number of aryl methyl sites for hydroxylation is 2. The molecule has 0 spiro atoms. The third kappa shape index (κ3) is 2.89. The average molecular weight is 184 g/mol. The van der Waals surface area contributed by atoms with Crippen LogP contribution in [-0.4, -0.2) is 21.1 Å². The summed E-state index contributed by atoms with van der Waals surface area (Å²) in [5.41, 5.74) is 0. The minimum absolute atomic E-state index is 1.11. The molecule has 1 rings (SSSR count). The van der Waals surface area contributed by atoms with E-state index < -0.39 is 0 Å². The van der Waals surface area contributed by atoms with Gasteiger partial charge in [0.2, 0.25) is 0 Å². The molecule has 0 saturated carbocycles. The van der Waals surface area contributed by atoms with Gasteiger partial charge < -0.3 is 4.57 Å². The summed E-state index contributed by atoms with van der Waals surface area (Å²) in [6, 6.07) is 0. The van der Waals surface area contributed by atoms with Gasteiger partial charge in [0.05, 0.1) is 0 Å². The van der Waals surface area contributed by atoms with Gasteiger partial charge in [-0.2, -0.15) is 11.8 Å². The Balaban J connectivity index is 2.20. The molecule has 0 fully saturated rings. The number of hydrogen-bond donors (Lipinski definition) is 0. The summed E-state index contributed by atoms with van der Waals surface area (Å²) in [6.45, 7) is 5.36. The van der Waals surface area contributed by atoms with Crippen molar-refractivity contribution in [2.45, 2.75) is 26.8 Å². The van der Waals surface area contributed by atoms with Crippen LogP contribution >= 0.6 is 11.8 Å². The van der Waals surface area contributed by atoms with Crippen molar-refractivity contribution in [3.63, 3.8) is 0 Å². The molecule has 1 aromatic heterocycles. The molecule has 12 heavy (non-hydrogen) atoms. The summed E-state index contributed by atoms with van der Waals surface area (Å²) >= 11 is 2.00. The van der Waals surface area contributed by atoms with E-state index in [1.165, 1.54) is 17.9 Å². The van der Waals surface area contributed by atoms with Crippen molar-refractivity contribution in [1.82, 2.24) is 9.55 Å². The quantitative estimate of drug-likeness (QED) is 0.654. The lowest BCUT2D eigenvalue weighted by molar-refractivity contribution is 0.662. The Kier molecular flexibility index (Phi) is 4.22. The second-order valence-corrected chi connectivity index (χ2v) is 4.11. The van der Waals surface area contributed by atoms with Gasteiger partial charge >= 0.3 is 0 Å². The van der Waals surface area contributed by atoms with Crippen LogP contribution in [0.2, 0.25) is 0 Å². The Morgan fingerprint density at radius 3 is 3.00 bits per heavy atom. The molecular formula is C9H16N2S. The van der Waals surface area contributed by atoms with Crippen molar-refractivity contribution in [3.05, 3.63) is 18.2 Å². The van der Waals surface area contributed by atoms with Crippen molar-refractivity contribution in [2.24, 2.45) is 0 Å². The van der Waals surface area contributed by atoms with Crippen LogP contribution in [0, 0.1) is 6.92 Å². The van der Waals surface area contributed by atoms with Crippen LogP contribution in [0.3, 0.4) is 0 Å². The van der Waals surface area contributed by atoms with Gasteiger partial charge in [-0.1, -0.05) is 6.92 Å². The van der Waals surface area contributed by atoms with E-state index in [-0.39, 0.29) is 0 Å². The van der Waals surface area contributed by atoms with E-state index in [9.17, 15) is 0 Å². The number of rotatable bonds is 5. The first-order valence-corrected chi connectivity index (χ1v) is 5.55. The Labute approximate surface area is 78.4 Å². The fraction of sp³-hybridized carbons (Fsp3) is 0.667. The zero-order chi connectivity index (χ0) is 8.81. The van der Waals surface area contributed by atoms with Crippen LogP contribution in [0.5, 0.6) is 0 Å². The van der Waals surface area contributed by atoms with Gasteiger partial charge in [0.15, 0.2) is 0 Å². The number of hydrogen-bond acceptors (Lipinski definition) is 2. The van der Waals surface area contributed by atoms with E-state index in [0.29, 0.717) is 0 Å². The normalized spacial score (nSPS) is 10.5. The molecule has 0 saturated heterocycles. The highest BCUT2D eigenvalue weighted by Gasteiger charge is 1.94. The molecule has 0 atom stereocenters. The van der Waals surface area contributed by atoms with Gasteiger partial charge in [-0.15, -0.1) is 0 Å². The highest BCUT2D eigenvalue weighted by molar-refractivity contribution is 7.99. The molecule has 2 nitrogen and oxygen atoms in total. The summed E-state index contributed by atoms with van der Waals surface area (Å²) in [4.78, 5) is 4.17. The van der Waals surface area contributed by atoms with Crippen LogP contribution < -0.4 is 0 Å². The third-order valence-corrected chi connectivity index (χ3v) is 2.80. The van der Waals surface area contributed by atoms with Crippen LogP contribution in [-0.2, 0) is 6.54 Å². The van der Waals surface area contributed by atoms with Crippen molar-refractivity contribution >= 4 is 11.8 Å². The Morgan fingerprint density at radius 1 is 1.58 bits per heavy atom. The summed E-state index contributed by atoms with van der Waals surface area (Å²) in [5, 5.41) is 0. The van der Waals surface area contributed by atoms with E-state index >= 15 is 0 Å². The first-order valence-electron chi connectivity index (χ1n) is 4.40. The minimum Gasteiger partial charge on any atom is -0.335 e. The monoisotopic (exact) mass is 184 g/mol. The van der Waals surface area contributed by atoms with Gasteiger partial charge in [0, 0.05) is 18.9 Å². The lowest BCUT2D eigenvalue weighted by Crippen LogP contribution is -2.00. The van der Waals surface area contributed by atoms with Crippen molar-refractivity contribution in [3.8, 4) is 0 Å². The second kappa shape index (κ2) is 5.25. The zero-order valence-corrected chi connectivity index (χ0v) is 8.60. The maximum atomic E-state index is 4.17. The Bertz CT molecular complexity index is 220. The van der Waals surface area contributed by atoms with Gasteiger partial charge in [-0.05, 0) is 24.9 Å². The predicted molar refractivity (Wildman–Crippen MR) is 54.6 cm³/mol. The molecule has 0 unspecified atom stereocenters. The fourth-order valence-corrected chi connectivity index (χ4v) is 1.74. The zero-order valence-electron chi connectivity index (χ0n) is 7.79. The van der Waals surface area contributed by atoms with E-state index in [1.807, 2.05) is 31.1 Å². The lowest BCUT2D eigenvalue weighted by Gasteiger charge is -2.03. The van der Waals surface area contributed by atoms with E-state index in [4.69, 9.17) is 0 Å². The van der Waals surface area contributed by atoms with Crippen LogP contribution in [0.25, 0.3) is 0 Å². The average Bonchev–Trinajstić information content (AvgIpc) is 2.46. The third-order valence-electron chi connectivity index (χ3n) is 1.82. The summed E-state index contributed by atoms with van der Waals surface area (Å²) in [5.74, 6) is 3.60.